The number of fused-ring (bicyclic) bond motifs is 1. The maximum Gasteiger partial charge on any atom is 0.296 e. The third-order valence-electron chi connectivity index (χ3n) is 4.98. The van der Waals surface area contributed by atoms with Gasteiger partial charge in [0.05, 0.1) is 0 Å². The van der Waals surface area contributed by atoms with Crippen LogP contribution < -0.4 is 16.0 Å². The predicted molar refractivity (Wildman–Crippen MR) is 134 cm³/mol. The Balaban J connectivity index is 1.24. The highest BCUT2D eigenvalue weighted by molar-refractivity contribution is 7.80. The Hall–Kier alpha value is -4.15. The van der Waals surface area contributed by atoms with E-state index in [0.717, 1.165) is 33.3 Å². The Labute approximate surface area is 197 Å². The Morgan fingerprint density at radius 3 is 2.48 bits per heavy atom. The van der Waals surface area contributed by atoms with Gasteiger partial charge in [0.15, 0.2) is 5.11 Å². The number of carbonyl (C=O) groups is 1. The zero-order valence-corrected chi connectivity index (χ0v) is 18.7. The molecule has 0 bridgehead atoms. The summed E-state index contributed by atoms with van der Waals surface area (Å²) < 4.78 is 0. The molecular weight excluding hydrogens is 430 g/mol. The minimum atomic E-state index is -0.305. The fourth-order valence-electron chi connectivity index (χ4n) is 3.32. The van der Waals surface area contributed by atoms with Crippen LogP contribution in [-0.2, 0) is 24.4 Å². The lowest BCUT2D eigenvalue weighted by molar-refractivity contribution is -0.115. The molecule has 6 nitrogen and oxygen atoms in total. The molecule has 33 heavy (non-hydrogen) atoms. The second-order valence-electron chi connectivity index (χ2n) is 7.36. The van der Waals surface area contributed by atoms with Crippen molar-refractivity contribution in [2.45, 2.75) is 19.6 Å². The van der Waals surface area contributed by atoms with E-state index < -0.39 is 0 Å². The lowest BCUT2D eigenvalue weighted by atomic mass is 10.1. The second-order valence-corrected chi connectivity index (χ2v) is 7.77. The van der Waals surface area contributed by atoms with Crippen molar-refractivity contribution in [3.8, 4) is 11.8 Å². The molecule has 7 heteroatoms. The van der Waals surface area contributed by atoms with Gasteiger partial charge in [-0.05, 0) is 53.2 Å². The van der Waals surface area contributed by atoms with Crippen molar-refractivity contribution in [3.63, 3.8) is 0 Å². The maximum atomic E-state index is 12.0. The molecule has 0 aliphatic rings. The molecule has 0 unspecified atom stereocenters. The molecule has 2 heterocycles. The first-order valence-electron chi connectivity index (χ1n) is 10.5. The predicted octanol–water partition coefficient (Wildman–Crippen LogP) is 3.40. The fraction of sp³-hybridized carbons (Fsp3) is 0.115. The second kappa shape index (κ2) is 10.9. The van der Waals surface area contributed by atoms with Gasteiger partial charge < -0.3 is 20.9 Å². The van der Waals surface area contributed by atoms with Gasteiger partial charge in [-0.3, -0.25) is 4.79 Å². The van der Waals surface area contributed by atoms with E-state index in [4.69, 9.17) is 12.2 Å². The van der Waals surface area contributed by atoms with E-state index in [9.17, 15) is 4.79 Å². The van der Waals surface area contributed by atoms with Crippen molar-refractivity contribution in [1.29, 1.82) is 0 Å². The van der Waals surface area contributed by atoms with Crippen LogP contribution in [0.3, 0.4) is 0 Å². The minimum absolute atomic E-state index is 0.305. The number of amides is 1. The number of benzene rings is 2. The van der Waals surface area contributed by atoms with Gasteiger partial charge in [-0.25, -0.2) is 4.98 Å². The summed E-state index contributed by atoms with van der Waals surface area (Å²) in [4.78, 5) is 19.4. The zero-order chi connectivity index (χ0) is 22.9. The molecule has 0 radical (unpaired) electrons. The van der Waals surface area contributed by atoms with Gasteiger partial charge in [-0.2, -0.15) is 0 Å². The standard InChI is InChI=1S/C26H23N5OS/c32-24(10-9-19-5-2-1-3-6-19)29-16-20-7-4-8-21(15-20)17-30-26(33)31-18-22-11-13-27-25-23(22)12-14-28-25/h1-8,11-15H,16-18H2,(H,27,28)(H,29,32)(H2,30,31,33). The lowest BCUT2D eigenvalue weighted by Crippen LogP contribution is -2.34. The highest BCUT2D eigenvalue weighted by Crippen LogP contribution is 2.14. The number of rotatable bonds is 6. The first kappa shape index (κ1) is 22.1. The van der Waals surface area contributed by atoms with Gasteiger partial charge in [0.2, 0.25) is 0 Å². The minimum Gasteiger partial charge on any atom is -0.359 e. The zero-order valence-electron chi connectivity index (χ0n) is 17.9. The average molecular weight is 454 g/mol. The third-order valence-corrected chi connectivity index (χ3v) is 5.27. The average Bonchev–Trinajstić information content (AvgIpc) is 3.34. The third kappa shape index (κ3) is 6.42. The lowest BCUT2D eigenvalue weighted by Gasteiger charge is -2.12. The molecule has 164 valence electrons. The highest BCUT2D eigenvalue weighted by Gasteiger charge is 2.04. The van der Waals surface area contributed by atoms with Crippen molar-refractivity contribution < 1.29 is 4.79 Å². The van der Waals surface area contributed by atoms with Crippen molar-refractivity contribution in [2.75, 3.05) is 0 Å². The van der Waals surface area contributed by atoms with E-state index in [1.165, 1.54) is 0 Å². The van der Waals surface area contributed by atoms with E-state index in [1.807, 2.05) is 72.9 Å². The van der Waals surface area contributed by atoms with E-state index in [-0.39, 0.29) is 5.91 Å². The number of aromatic amines is 1. The van der Waals surface area contributed by atoms with Gasteiger partial charge >= 0.3 is 0 Å². The van der Waals surface area contributed by atoms with Crippen molar-refractivity contribution in [2.24, 2.45) is 0 Å². The van der Waals surface area contributed by atoms with Gasteiger partial charge in [0, 0.05) is 48.9 Å². The molecule has 0 spiro atoms. The number of thiocarbonyl (C=S) groups is 1. The summed E-state index contributed by atoms with van der Waals surface area (Å²) >= 11 is 5.42. The molecule has 0 aliphatic heterocycles. The molecule has 4 aromatic rings. The van der Waals surface area contributed by atoms with Crippen LogP contribution in [0.2, 0.25) is 0 Å². The van der Waals surface area contributed by atoms with Crippen LogP contribution in [0.5, 0.6) is 0 Å². The van der Waals surface area contributed by atoms with E-state index in [1.54, 1.807) is 6.20 Å². The molecule has 0 atom stereocenters. The number of hydrogen-bond donors (Lipinski definition) is 4. The van der Waals surface area contributed by atoms with Crippen molar-refractivity contribution >= 4 is 34.3 Å². The Morgan fingerprint density at radius 1 is 0.909 bits per heavy atom. The number of nitrogens with zero attached hydrogens (tertiary/aromatic N) is 1. The number of H-pyrrole nitrogens is 1. The molecule has 0 fully saturated rings. The number of aromatic nitrogens is 2. The van der Waals surface area contributed by atoms with Crippen LogP contribution in [0, 0.1) is 11.8 Å². The summed E-state index contributed by atoms with van der Waals surface area (Å²) in [5.41, 5.74) is 4.86. The summed E-state index contributed by atoms with van der Waals surface area (Å²) in [6.45, 7) is 1.60. The van der Waals surface area contributed by atoms with Crippen LogP contribution in [-0.4, -0.2) is 21.0 Å². The van der Waals surface area contributed by atoms with Gasteiger partial charge in [-0.1, -0.05) is 48.4 Å². The first-order valence-corrected chi connectivity index (χ1v) is 10.9. The molecule has 4 rings (SSSR count). The molecule has 0 saturated carbocycles. The van der Waals surface area contributed by atoms with Gasteiger partial charge in [0.25, 0.3) is 5.91 Å². The van der Waals surface area contributed by atoms with Crippen LogP contribution in [0.4, 0.5) is 0 Å². The van der Waals surface area contributed by atoms with E-state index in [0.29, 0.717) is 24.7 Å². The highest BCUT2D eigenvalue weighted by atomic mass is 32.1. The Bertz CT molecular complexity index is 1320. The van der Waals surface area contributed by atoms with E-state index >= 15 is 0 Å². The number of carbonyl (C=O) groups excluding carboxylic acids is 1. The van der Waals surface area contributed by atoms with Gasteiger partial charge in [-0.15, -0.1) is 0 Å². The molecule has 2 aromatic carbocycles. The van der Waals surface area contributed by atoms with Crippen LogP contribution in [0.15, 0.2) is 79.1 Å². The van der Waals surface area contributed by atoms with Crippen LogP contribution in [0.1, 0.15) is 22.3 Å². The fourth-order valence-corrected chi connectivity index (χ4v) is 3.46. The largest absolute Gasteiger partial charge is 0.359 e. The van der Waals surface area contributed by atoms with Gasteiger partial charge in [0.1, 0.15) is 5.65 Å². The summed E-state index contributed by atoms with van der Waals surface area (Å²) in [5.74, 6) is 5.17. The molecular formula is C26H23N5OS. The molecule has 0 aliphatic carbocycles. The SMILES string of the molecule is O=C(C#Cc1ccccc1)NCc1cccc(CNC(=S)NCc2ccnc3[nH]ccc23)c1. The summed E-state index contributed by atoms with van der Waals surface area (Å²) in [6.07, 6.45) is 3.66. The van der Waals surface area contributed by atoms with Crippen LogP contribution >= 0.6 is 12.2 Å². The monoisotopic (exact) mass is 453 g/mol. The topological polar surface area (TPSA) is 81.8 Å². The number of hydrogen-bond acceptors (Lipinski definition) is 3. The molecule has 1 amide bonds. The van der Waals surface area contributed by atoms with E-state index in [2.05, 4.69) is 37.8 Å². The molecule has 4 N–H and O–H groups in total. The smallest absolute Gasteiger partial charge is 0.296 e. The number of pyridine rings is 1. The molecule has 2 aromatic heterocycles. The van der Waals surface area contributed by atoms with Crippen molar-refractivity contribution in [1.82, 2.24) is 25.9 Å². The summed E-state index contributed by atoms with van der Waals surface area (Å²) in [6, 6.07) is 21.4. The summed E-state index contributed by atoms with van der Waals surface area (Å²) in [7, 11) is 0. The van der Waals surface area contributed by atoms with Crippen LogP contribution in [0.25, 0.3) is 11.0 Å². The first-order chi connectivity index (χ1) is 16.2. The Kier molecular flexibility index (Phi) is 7.31. The Morgan fingerprint density at radius 2 is 1.67 bits per heavy atom. The maximum absolute atomic E-state index is 12.0. The number of nitrogens with one attached hydrogen (secondary N) is 4. The normalized spacial score (nSPS) is 10.2. The quantitative estimate of drug-likeness (QED) is 0.266. The molecule has 0 saturated heterocycles. The summed E-state index contributed by atoms with van der Waals surface area (Å²) in [5, 5.41) is 11.0. The van der Waals surface area contributed by atoms with Crippen molar-refractivity contribution in [3.05, 3.63) is 101 Å².